The SMILES string of the molecule is COCC1CCCN(Cc2cc(OC)c(O)c(OC)c2)C1. The molecule has 0 radical (unpaired) electrons. The summed E-state index contributed by atoms with van der Waals surface area (Å²) in [6, 6.07) is 3.75. The first-order valence-corrected chi connectivity index (χ1v) is 7.33. The van der Waals surface area contributed by atoms with Crippen molar-refractivity contribution < 1.29 is 19.3 Å². The second-order valence-electron chi connectivity index (χ2n) is 5.55. The molecule has 1 aromatic rings. The van der Waals surface area contributed by atoms with E-state index in [0.717, 1.165) is 31.8 Å². The molecule has 1 unspecified atom stereocenters. The largest absolute Gasteiger partial charge is 0.502 e. The van der Waals surface area contributed by atoms with Gasteiger partial charge in [0, 0.05) is 20.2 Å². The molecular weight excluding hydrogens is 270 g/mol. The van der Waals surface area contributed by atoms with E-state index in [9.17, 15) is 5.11 Å². The molecule has 0 aromatic heterocycles. The van der Waals surface area contributed by atoms with E-state index in [1.165, 1.54) is 12.8 Å². The van der Waals surface area contributed by atoms with Crippen LogP contribution in [0.25, 0.3) is 0 Å². The third kappa shape index (κ3) is 4.02. The van der Waals surface area contributed by atoms with Gasteiger partial charge in [-0.1, -0.05) is 0 Å². The smallest absolute Gasteiger partial charge is 0.200 e. The summed E-state index contributed by atoms with van der Waals surface area (Å²) in [5.74, 6) is 1.56. The summed E-state index contributed by atoms with van der Waals surface area (Å²) in [7, 11) is 4.86. The van der Waals surface area contributed by atoms with Crippen LogP contribution in [0.3, 0.4) is 0 Å². The predicted molar refractivity (Wildman–Crippen MR) is 81.1 cm³/mol. The maximum atomic E-state index is 9.95. The Morgan fingerprint density at radius 3 is 2.43 bits per heavy atom. The Morgan fingerprint density at radius 2 is 1.86 bits per heavy atom. The molecule has 0 bridgehead atoms. The zero-order valence-electron chi connectivity index (χ0n) is 13.1. The molecule has 1 atom stereocenters. The van der Waals surface area contributed by atoms with Crippen LogP contribution < -0.4 is 9.47 Å². The van der Waals surface area contributed by atoms with Gasteiger partial charge in [0.05, 0.1) is 20.8 Å². The molecule has 1 saturated heterocycles. The van der Waals surface area contributed by atoms with Crippen molar-refractivity contribution >= 4 is 0 Å². The standard InChI is InChI=1S/C16H25NO4/c1-19-11-12-5-4-6-17(9-12)10-13-7-14(20-2)16(18)15(8-13)21-3/h7-8,12,18H,4-6,9-11H2,1-3H3. The minimum atomic E-state index is 0.0552. The van der Waals surface area contributed by atoms with Gasteiger partial charge in [-0.3, -0.25) is 4.90 Å². The number of benzene rings is 1. The number of hydrogen-bond acceptors (Lipinski definition) is 5. The first-order valence-electron chi connectivity index (χ1n) is 7.33. The fourth-order valence-corrected chi connectivity index (χ4v) is 2.96. The zero-order chi connectivity index (χ0) is 15.2. The number of hydrogen-bond donors (Lipinski definition) is 1. The quantitative estimate of drug-likeness (QED) is 0.872. The molecule has 0 aliphatic carbocycles. The Labute approximate surface area is 126 Å². The van der Waals surface area contributed by atoms with E-state index in [-0.39, 0.29) is 5.75 Å². The number of nitrogens with zero attached hydrogens (tertiary/aromatic N) is 1. The lowest BCUT2D eigenvalue weighted by Gasteiger charge is -2.32. The Morgan fingerprint density at radius 1 is 1.19 bits per heavy atom. The third-order valence-electron chi connectivity index (χ3n) is 3.95. The summed E-state index contributed by atoms with van der Waals surface area (Å²) < 4.78 is 15.7. The molecule has 1 fully saturated rings. The van der Waals surface area contributed by atoms with Crippen LogP contribution in [-0.4, -0.2) is 51.0 Å². The number of ether oxygens (including phenoxy) is 3. The number of aromatic hydroxyl groups is 1. The average Bonchev–Trinajstić information content (AvgIpc) is 2.49. The lowest BCUT2D eigenvalue weighted by Crippen LogP contribution is -2.36. The average molecular weight is 295 g/mol. The van der Waals surface area contributed by atoms with Crippen molar-refractivity contribution in [1.82, 2.24) is 4.90 Å². The fraction of sp³-hybridized carbons (Fsp3) is 0.625. The first-order chi connectivity index (χ1) is 10.2. The number of rotatable bonds is 6. The van der Waals surface area contributed by atoms with Gasteiger partial charge in [0.2, 0.25) is 5.75 Å². The van der Waals surface area contributed by atoms with Gasteiger partial charge in [0.25, 0.3) is 0 Å². The van der Waals surface area contributed by atoms with E-state index in [2.05, 4.69) is 4.90 Å². The summed E-state index contributed by atoms with van der Waals surface area (Å²) in [4.78, 5) is 2.42. The Bertz CT molecular complexity index is 437. The number of methoxy groups -OCH3 is 3. The molecule has 1 aliphatic rings. The van der Waals surface area contributed by atoms with Crippen LogP contribution in [0.5, 0.6) is 17.2 Å². The highest BCUT2D eigenvalue weighted by molar-refractivity contribution is 5.52. The van der Waals surface area contributed by atoms with Crippen LogP contribution >= 0.6 is 0 Å². The van der Waals surface area contributed by atoms with Gasteiger partial charge < -0.3 is 19.3 Å². The lowest BCUT2D eigenvalue weighted by molar-refractivity contribution is 0.0873. The second kappa shape index (κ2) is 7.52. The van der Waals surface area contributed by atoms with Crippen LogP contribution in [0.2, 0.25) is 0 Å². The topological polar surface area (TPSA) is 51.2 Å². The highest BCUT2D eigenvalue weighted by atomic mass is 16.5. The van der Waals surface area contributed by atoms with Crippen LogP contribution in [0.1, 0.15) is 18.4 Å². The summed E-state index contributed by atoms with van der Waals surface area (Å²) in [6.45, 7) is 3.77. The summed E-state index contributed by atoms with van der Waals surface area (Å²) in [5, 5.41) is 9.95. The van der Waals surface area contributed by atoms with Crippen LogP contribution in [-0.2, 0) is 11.3 Å². The molecule has 1 heterocycles. The normalized spacial score (nSPS) is 19.5. The maximum Gasteiger partial charge on any atom is 0.200 e. The van der Waals surface area contributed by atoms with Crippen LogP contribution in [0.15, 0.2) is 12.1 Å². The molecule has 0 spiro atoms. The van der Waals surface area contributed by atoms with E-state index < -0.39 is 0 Å². The van der Waals surface area contributed by atoms with E-state index in [0.29, 0.717) is 17.4 Å². The van der Waals surface area contributed by atoms with Gasteiger partial charge in [-0.25, -0.2) is 0 Å². The van der Waals surface area contributed by atoms with E-state index in [4.69, 9.17) is 14.2 Å². The molecule has 1 N–H and O–H groups in total. The lowest BCUT2D eigenvalue weighted by atomic mass is 9.98. The van der Waals surface area contributed by atoms with Gasteiger partial charge in [0.15, 0.2) is 11.5 Å². The molecule has 0 saturated carbocycles. The van der Waals surface area contributed by atoms with Crippen molar-refractivity contribution in [3.05, 3.63) is 17.7 Å². The van der Waals surface area contributed by atoms with Gasteiger partial charge in [-0.15, -0.1) is 0 Å². The summed E-state index contributed by atoms with van der Waals surface area (Å²) in [5.41, 5.74) is 1.08. The monoisotopic (exact) mass is 295 g/mol. The summed E-state index contributed by atoms with van der Waals surface area (Å²) >= 11 is 0. The van der Waals surface area contributed by atoms with Crippen LogP contribution in [0, 0.1) is 5.92 Å². The minimum Gasteiger partial charge on any atom is -0.502 e. The minimum absolute atomic E-state index is 0.0552. The Hall–Kier alpha value is -1.46. The number of piperidine rings is 1. The highest BCUT2D eigenvalue weighted by Gasteiger charge is 2.21. The molecular formula is C16H25NO4. The molecule has 118 valence electrons. The summed E-state index contributed by atoms with van der Waals surface area (Å²) in [6.07, 6.45) is 2.42. The Balaban J connectivity index is 2.08. The molecule has 21 heavy (non-hydrogen) atoms. The van der Waals surface area contributed by atoms with Crippen molar-refractivity contribution in [1.29, 1.82) is 0 Å². The van der Waals surface area contributed by atoms with Gasteiger partial charge in [-0.05, 0) is 43.0 Å². The Kier molecular flexibility index (Phi) is 5.70. The molecule has 1 aliphatic heterocycles. The first kappa shape index (κ1) is 15.9. The van der Waals surface area contributed by atoms with E-state index in [1.54, 1.807) is 21.3 Å². The number of phenols is 1. The molecule has 1 aromatic carbocycles. The van der Waals surface area contributed by atoms with Crippen molar-refractivity contribution in [2.24, 2.45) is 5.92 Å². The van der Waals surface area contributed by atoms with E-state index in [1.807, 2.05) is 12.1 Å². The van der Waals surface area contributed by atoms with Gasteiger partial charge in [-0.2, -0.15) is 0 Å². The highest BCUT2D eigenvalue weighted by Crippen LogP contribution is 2.37. The van der Waals surface area contributed by atoms with Crippen LogP contribution in [0.4, 0.5) is 0 Å². The van der Waals surface area contributed by atoms with Gasteiger partial charge in [0.1, 0.15) is 0 Å². The zero-order valence-corrected chi connectivity index (χ0v) is 13.1. The van der Waals surface area contributed by atoms with E-state index >= 15 is 0 Å². The molecule has 2 rings (SSSR count). The van der Waals surface area contributed by atoms with Crippen molar-refractivity contribution in [3.63, 3.8) is 0 Å². The molecule has 5 nitrogen and oxygen atoms in total. The third-order valence-corrected chi connectivity index (χ3v) is 3.95. The number of phenolic OH excluding ortho intramolecular Hbond substituents is 1. The maximum absolute atomic E-state index is 9.95. The van der Waals surface area contributed by atoms with Crippen molar-refractivity contribution in [3.8, 4) is 17.2 Å². The fourth-order valence-electron chi connectivity index (χ4n) is 2.96. The number of likely N-dealkylation sites (tertiary alicyclic amines) is 1. The van der Waals surface area contributed by atoms with Gasteiger partial charge >= 0.3 is 0 Å². The molecule has 0 amide bonds. The molecule has 5 heteroatoms. The second-order valence-corrected chi connectivity index (χ2v) is 5.55. The predicted octanol–water partition coefficient (Wildman–Crippen LogP) is 2.27. The van der Waals surface area contributed by atoms with Crippen molar-refractivity contribution in [2.45, 2.75) is 19.4 Å². The van der Waals surface area contributed by atoms with Crippen molar-refractivity contribution in [2.75, 3.05) is 41.0 Å².